The van der Waals surface area contributed by atoms with Crippen LogP contribution in [0.1, 0.15) is 27.7 Å². The minimum atomic E-state index is -1.01. The molecule has 33 heavy (non-hydrogen) atoms. The molecule has 0 aliphatic carbocycles. The third kappa shape index (κ3) is 3.91. The molecule has 2 heterocycles. The molecule has 1 N–H and O–H groups in total. The fraction of sp³-hybridized carbons (Fsp3) is 0.125. The molecule has 3 aromatic rings. The van der Waals surface area contributed by atoms with Crippen molar-refractivity contribution in [2.24, 2.45) is 0 Å². The number of esters is 1. The molecule has 1 fully saturated rings. The van der Waals surface area contributed by atoms with Crippen molar-refractivity contribution in [2.75, 3.05) is 19.1 Å². The van der Waals surface area contributed by atoms with Gasteiger partial charge < -0.3 is 19.0 Å². The number of aliphatic hydroxyl groups excluding tert-OH is 1. The molecule has 1 unspecified atom stereocenters. The van der Waals surface area contributed by atoms with Crippen LogP contribution >= 0.6 is 15.9 Å². The lowest BCUT2D eigenvalue weighted by Crippen LogP contribution is -2.29. The Morgan fingerprint density at radius 1 is 1.06 bits per heavy atom. The molecule has 0 spiro atoms. The Morgan fingerprint density at radius 3 is 2.33 bits per heavy atom. The second-order valence-corrected chi connectivity index (χ2v) is 7.93. The van der Waals surface area contributed by atoms with Crippen molar-refractivity contribution < 1.29 is 33.4 Å². The van der Waals surface area contributed by atoms with Gasteiger partial charge in [-0.2, -0.15) is 0 Å². The third-order valence-electron chi connectivity index (χ3n) is 5.25. The Balaban J connectivity index is 1.85. The van der Waals surface area contributed by atoms with Gasteiger partial charge in [0.25, 0.3) is 11.7 Å². The number of carbonyl (C=O) groups excluding carboxylic acids is 3. The number of furan rings is 1. The normalized spacial score (nSPS) is 17.3. The van der Waals surface area contributed by atoms with Crippen LogP contribution in [0.4, 0.5) is 5.69 Å². The van der Waals surface area contributed by atoms with Gasteiger partial charge in [-0.05, 0) is 70.5 Å². The molecular weight excluding hydrogens is 494 g/mol. The summed E-state index contributed by atoms with van der Waals surface area (Å²) in [5, 5.41) is 11.1. The summed E-state index contributed by atoms with van der Waals surface area (Å²) in [5.41, 5.74) is 0.832. The first-order chi connectivity index (χ1) is 15.9. The van der Waals surface area contributed by atoms with Crippen molar-refractivity contribution >= 4 is 45.0 Å². The Hall–Kier alpha value is -3.85. The number of halogens is 1. The minimum absolute atomic E-state index is 0.121. The van der Waals surface area contributed by atoms with Crippen molar-refractivity contribution in [2.45, 2.75) is 6.04 Å². The van der Waals surface area contributed by atoms with Crippen molar-refractivity contribution in [1.82, 2.24) is 0 Å². The average Bonchev–Trinajstić information content (AvgIpc) is 3.45. The molecule has 8 nitrogen and oxygen atoms in total. The van der Waals surface area contributed by atoms with Crippen LogP contribution in [0.2, 0.25) is 0 Å². The van der Waals surface area contributed by atoms with E-state index in [0.29, 0.717) is 27.2 Å². The maximum absolute atomic E-state index is 13.1. The van der Waals surface area contributed by atoms with E-state index in [0.717, 1.165) is 0 Å². The summed E-state index contributed by atoms with van der Waals surface area (Å²) < 4.78 is 16.0. The molecule has 1 aliphatic heterocycles. The van der Waals surface area contributed by atoms with Gasteiger partial charge in [0.1, 0.15) is 23.3 Å². The highest BCUT2D eigenvalue weighted by Crippen LogP contribution is 2.42. The summed E-state index contributed by atoms with van der Waals surface area (Å²) in [5.74, 6) is -1.75. The number of carbonyl (C=O) groups is 3. The summed E-state index contributed by atoms with van der Waals surface area (Å²) >= 11 is 3.36. The second kappa shape index (κ2) is 8.95. The van der Waals surface area contributed by atoms with Crippen LogP contribution in [0, 0.1) is 0 Å². The van der Waals surface area contributed by atoms with E-state index in [4.69, 9.17) is 13.9 Å². The van der Waals surface area contributed by atoms with Crippen molar-refractivity contribution in [3.05, 3.63) is 87.8 Å². The van der Waals surface area contributed by atoms with E-state index >= 15 is 0 Å². The molecule has 1 atom stereocenters. The lowest BCUT2D eigenvalue weighted by molar-refractivity contribution is -0.132. The summed E-state index contributed by atoms with van der Waals surface area (Å²) in [6.07, 6.45) is 1.42. The van der Waals surface area contributed by atoms with E-state index in [2.05, 4.69) is 15.9 Å². The standard InChI is InChI=1S/C24H18BrNO7/c1-31-17-10-7-14(12-16(17)25)21(27)19-20(18-4-3-11-33-18)26(23(29)22(19)28)15-8-5-13(6-9-15)24(30)32-2/h3-12,20,27H,1-2H3/b21-19-. The fourth-order valence-corrected chi connectivity index (χ4v) is 4.20. The van der Waals surface area contributed by atoms with Crippen molar-refractivity contribution in [1.29, 1.82) is 0 Å². The van der Waals surface area contributed by atoms with Gasteiger partial charge in [0.05, 0.1) is 36.1 Å². The maximum Gasteiger partial charge on any atom is 0.337 e. The largest absolute Gasteiger partial charge is 0.507 e. The number of benzene rings is 2. The number of hydrogen-bond acceptors (Lipinski definition) is 7. The van der Waals surface area contributed by atoms with Gasteiger partial charge in [0.15, 0.2) is 0 Å². The number of methoxy groups -OCH3 is 2. The Morgan fingerprint density at radius 2 is 1.76 bits per heavy atom. The van der Waals surface area contributed by atoms with Crippen molar-refractivity contribution in [3.8, 4) is 5.75 Å². The first kappa shape index (κ1) is 22.3. The average molecular weight is 512 g/mol. The number of ketones is 1. The molecule has 1 aromatic heterocycles. The molecular formula is C24H18BrNO7. The number of aliphatic hydroxyl groups is 1. The Labute approximate surface area is 197 Å². The van der Waals surface area contributed by atoms with E-state index in [1.54, 1.807) is 30.3 Å². The molecule has 1 amide bonds. The van der Waals surface area contributed by atoms with Crippen LogP contribution in [0.15, 0.2) is 75.3 Å². The highest BCUT2D eigenvalue weighted by molar-refractivity contribution is 9.10. The van der Waals surface area contributed by atoms with E-state index in [1.807, 2.05) is 0 Å². The first-order valence-corrected chi connectivity index (χ1v) is 10.5. The smallest absolute Gasteiger partial charge is 0.337 e. The van der Waals surface area contributed by atoms with Gasteiger partial charge in [-0.15, -0.1) is 0 Å². The molecule has 2 aromatic carbocycles. The van der Waals surface area contributed by atoms with Gasteiger partial charge >= 0.3 is 5.97 Å². The number of hydrogen-bond donors (Lipinski definition) is 1. The highest BCUT2D eigenvalue weighted by Gasteiger charge is 2.48. The molecule has 0 radical (unpaired) electrons. The summed E-state index contributed by atoms with van der Waals surface area (Å²) in [6.45, 7) is 0. The van der Waals surface area contributed by atoms with E-state index < -0.39 is 23.7 Å². The van der Waals surface area contributed by atoms with Crippen LogP contribution in [0.25, 0.3) is 5.76 Å². The van der Waals surface area contributed by atoms with Gasteiger partial charge in [0, 0.05) is 11.3 Å². The van der Waals surface area contributed by atoms with Crippen LogP contribution in [-0.4, -0.2) is 37.0 Å². The lowest BCUT2D eigenvalue weighted by atomic mass is 9.99. The van der Waals surface area contributed by atoms with E-state index in [9.17, 15) is 19.5 Å². The van der Waals surface area contributed by atoms with Crippen LogP contribution in [0.3, 0.4) is 0 Å². The summed E-state index contributed by atoms with van der Waals surface area (Å²) in [4.78, 5) is 39.1. The zero-order chi connectivity index (χ0) is 23.7. The number of rotatable bonds is 5. The fourth-order valence-electron chi connectivity index (χ4n) is 3.66. The zero-order valence-electron chi connectivity index (χ0n) is 17.6. The highest BCUT2D eigenvalue weighted by atomic mass is 79.9. The molecule has 0 saturated carbocycles. The van der Waals surface area contributed by atoms with Gasteiger partial charge in [-0.1, -0.05) is 0 Å². The summed E-state index contributed by atoms with van der Waals surface area (Å²) in [6, 6.07) is 13.0. The van der Waals surface area contributed by atoms with Crippen molar-refractivity contribution in [3.63, 3.8) is 0 Å². The number of amides is 1. The topological polar surface area (TPSA) is 106 Å². The number of ether oxygens (including phenoxy) is 2. The molecule has 168 valence electrons. The third-order valence-corrected chi connectivity index (χ3v) is 5.87. The SMILES string of the molecule is COC(=O)c1ccc(N2C(=O)C(=O)/C(=C(\O)c3ccc(OC)c(Br)c3)C2c2ccco2)cc1. The monoisotopic (exact) mass is 511 g/mol. The van der Waals surface area contributed by atoms with Crippen LogP contribution < -0.4 is 9.64 Å². The number of nitrogens with zero attached hydrogens (tertiary/aromatic N) is 1. The van der Waals surface area contributed by atoms with Crippen LogP contribution in [0.5, 0.6) is 5.75 Å². The quantitative estimate of drug-likeness (QED) is 0.233. The molecule has 4 rings (SSSR count). The minimum Gasteiger partial charge on any atom is -0.507 e. The maximum atomic E-state index is 13.1. The van der Waals surface area contributed by atoms with Gasteiger partial charge in [-0.3, -0.25) is 14.5 Å². The Bertz CT molecular complexity index is 1260. The predicted molar refractivity (Wildman–Crippen MR) is 122 cm³/mol. The molecule has 1 aliphatic rings. The second-order valence-electron chi connectivity index (χ2n) is 7.07. The lowest BCUT2D eigenvalue weighted by Gasteiger charge is -2.23. The Kier molecular flexibility index (Phi) is 6.06. The van der Waals surface area contributed by atoms with E-state index in [1.165, 1.54) is 49.6 Å². The summed E-state index contributed by atoms with van der Waals surface area (Å²) in [7, 11) is 2.77. The molecule has 0 bridgehead atoms. The molecule has 1 saturated heterocycles. The number of Topliss-reactive ketones (excluding diaryl/α,β-unsaturated/α-hetero) is 1. The zero-order valence-corrected chi connectivity index (χ0v) is 19.2. The molecule has 9 heteroatoms. The van der Waals surface area contributed by atoms with E-state index in [-0.39, 0.29) is 16.9 Å². The van der Waals surface area contributed by atoms with Crippen LogP contribution in [-0.2, 0) is 14.3 Å². The first-order valence-electron chi connectivity index (χ1n) is 9.74. The van der Waals surface area contributed by atoms with Gasteiger partial charge in [0.2, 0.25) is 0 Å². The van der Waals surface area contributed by atoms with Gasteiger partial charge in [-0.25, -0.2) is 4.79 Å². The predicted octanol–water partition coefficient (Wildman–Crippen LogP) is 4.46. The number of anilines is 1.